The summed E-state index contributed by atoms with van der Waals surface area (Å²) in [5.41, 5.74) is 1.84. The number of hydrogen-bond acceptors (Lipinski definition) is 2. The number of fused-ring (bicyclic) bond motifs is 4. The number of ketones is 1. The number of rotatable bonds is 0. The molecule has 4 rings (SSSR count). The molecule has 1 N–H and O–H groups in total. The van der Waals surface area contributed by atoms with E-state index in [-0.39, 0.29) is 11.5 Å². The van der Waals surface area contributed by atoms with Gasteiger partial charge in [-0.25, -0.2) is 0 Å². The SMILES string of the molecule is CC12CCC[C@]1(C)C(O)CC1CC3=CC(=O)CCC3CC12. The number of aliphatic hydroxyl groups is 1. The first-order chi connectivity index (χ1) is 9.94. The molecule has 3 fully saturated rings. The number of carbonyl (C=O) groups excluding carboxylic acids is 1. The second-order valence-corrected chi connectivity index (χ2v) is 8.67. The van der Waals surface area contributed by atoms with Gasteiger partial charge in [-0.15, -0.1) is 0 Å². The summed E-state index contributed by atoms with van der Waals surface area (Å²) in [6, 6.07) is 0. The van der Waals surface area contributed by atoms with E-state index in [1.807, 2.05) is 6.08 Å². The lowest BCUT2D eigenvalue weighted by Gasteiger charge is -2.59. The van der Waals surface area contributed by atoms with Gasteiger partial charge in [0.05, 0.1) is 6.10 Å². The van der Waals surface area contributed by atoms with E-state index in [0.717, 1.165) is 31.6 Å². The summed E-state index contributed by atoms with van der Waals surface area (Å²) in [4.78, 5) is 11.7. The number of carbonyl (C=O) groups is 1. The van der Waals surface area contributed by atoms with Gasteiger partial charge in [-0.1, -0.05) is 25.8 Å². The van der Waals surface area contributed by atoms with Crippen molar-refractivity contribution in [2.45, 2.75) is 71.3 Å². The lowest BCUT2D eigenvalue weighted by molar-refractivity contribution is -0.144. The molecule has 0 bridgehead atoms. The number of hydrogen-bond donors (Lipinski definition) is 1. The topological polar surface area (TPSA) is 37.3 Å². The molecular formula is C19H28O2. The fraction of sp³-hybridized carbons (Fsp3) is 0.842. The summed E-state index contributed by atoms with van der Waals surface area (Å²) in [5.74, 6) is 2.34. The highest BCUT2D eigenvalue weighted by Gasteiger charge is 2.62. The van der Waals surface area contributed by atoms with Crippen LogP contribution in [0.5, 0.6) is 0 Å². The van der Waals surface area contributed by atoms with Crippen LogP contribution < -0.4 is 0 Å². The van der Waals surface area contributed by atoms with Gasteiger partial charge >= 0.3 is 0 Å². The van der Waals surface area contributed by atoms with E-state index in [2.05, 4.69) is 13.8 Å². The van der Waals surface area contributed by atoms with E-state index in [1.165, 1.54) is 31.3 Å². The standard InChI is InChI=1S/C19H28O2/c1-18-6-3-7-19(18,2)17(21)11-14-8-13-9-15(20)5-4-12(13)10-16(14)18/h9,12,14,16-17,21H,3-8,10-11H2,1-2H3/t12?,14?,16?,17?,18?,19-/m1/s1. The lowest BCUT2D eigenvalue weighted by atomic mass is 9.46. The van der Waals surface area contributed by atoms with E-state index >= 15 is 0 Å². The van der Waals surface area contributed by atoms with Crippen LogP contribution in [0.2, 0.25) is 0 Å². The van der Waals surface area contributed by atoms with Crippen LogP contribution in [0.3, 0.4) is 0 Å². The molecule has 116 valence electrons. The summed E-state index contributed by atoms with van der Waals surface area (Å²) in [6.07, 6.45) is 10.7. The minimum atomic E-state index is -0.150. The molecule has 2 nitrogen and oxygen atoms in total. The molecule has 0 aromatic heterocycles. The highest BCUT2D eigenvalue weighted by Crippen LogP contribution is 2.67. The van der Waals surface area contributed by atoms with E-state index in [9.17, 15) is 9.90 Å². The fourth-order valence-corrected chi connectivity index (χ4v) is 6.46. The first-order valence-electron chi connectivity index (χ1n) is 8.85. The average molecular weight is 288 g/mol. The molecule has 4 aliphatic carbocycles. The van der Waals surface area contributed by atoms with Crippen LogP contribution in [-0.4, -0.2) is 17.0 Å². The Balaban J connectivity index is 1.69. The smallest absolute Gasteiger partial charge is 0.155 e. The molecule has 6 atom stereocenters. The molecule has 21 heavy (non-hydrogen) atoms. The van der Waals surface area contributed by atoms with Gasteiger partial charge in [-0.05, 0) is 73.2 Å². The first-order valence-corrected chi connectivity index (χ1v) is 8.85. The maximum Gasteiger partial charge on any atom is 0.155 e. The molecule has 3 saturated carbocycles. The van der Waals surface area contributed by atoms with Crippen molar-refractivity contribution in [2.75, 3.05) is 0 Å². The van der Waals surface area contributed by atoms with Gasteiger partial charge in [-0.2, -0.15) is 0 Å². The second-order valence-electron chi connectivity index (χ2n) is 8.67. The van der Waals surface area contributed by atoms with Crippen molar-refractivity contribution in [1.82, 2.24) is 0 Å². The Bertz CT molecular complexity index is 508. The third kappa shape index (κ3) is 1.78. The molecule has 0 radical (unpaired) electrons. The van der Waals surface area contributed by atoms with Crippen molar-refractivity contribution in [3.05, 3.63) is 11.6 Å². The molecular weight excluding hydrogens is 260 g/mol. The molecule has 0 aliphatic heterocycles. The zero-order valence-corrected chi connectivity index (χ0v) is 13.4. The van der Waals surface area contributed by atoms with Crippen molar-refractivity contribution in [3.8, 4) is 0 Å². The normalized spacial score (nSPS) is 52.7. The highest BCUT2D eigenvalue weighted by molar-refractivity contribution is 5.91. The molecule has 4 aliphatic rings. The summed E-state index contributed by atoms with van der Waals surface area (Å²) in [5, 5.41) is 10.8. The van der Waals surface area contributed by atoms with Crippen molar-refractivity contribution < 1.29 is 9.90 Å². The quantitative estimate of drug-likeness (QED) is 0.734. The van der Waals surface area contributed by atoms with Crippen molar-refractivity contribution in [2.24, 2.45) is 28.6 Å². The fourth-order valence-electron chi connectivity index (χ4n) is 6.46. The van der Waals surface area contributed by atoms with Gasteiger partial charge in [0, 0.05) is 6.42 Å². The Morgan fingerprint density at radius 1 is 1.19 bits per heavy atom. The summed E-state index contributed by atoms with van der Waals surface area (Å²) in [6.45, 7) is 4.80. The maximum atomic E-state index is 11.7. The van der Waals surface area contributed by atoms with Crippen LogP contribution in [0.15, 0.2) is 11.6 Å². The first kappa shape index (κ1) is 14.0. The van der Waals surface area contributed by atoms with Crippen molar-refractivity contribution in [1.29, 1.82) is 0 Å². The Morgan fingerprint density at radius 3 is 2.76 bits per heavy atom. The Hall–Kier alpha value is -0.630. The van der Waals surface area contributed by atoms with Gasteiger partial charge in [0.15, 0.2) is 5.78 Å². The predicted octanol–water partition coefficient (Wildman–Crippen LogP) is 3.88. The van der Waals surface area contributed by atoms with Crippen LogP contribution in [0.25, 0.3) is 0 Å². The van der Waals surface area contributed by atoms with E-state index in [4.69, 9.17) is 0 Å². The van der Waals surface area contributed by atoms with Gasteiger partial charge < -0.3 is 5.11 Å². The molecule has 0 saturated heterocycles. The van der Waals surface area contributed by atoms with Crippen molar-refractivity contribution >= 4 is 5.78 Å². The number of aliphatic hydroxyl groups excluding tert-OH is 1. The zero-order chi connectivity index (χ0) is 14.8. The Morgan fingerprint density at radius 2 is 1.95 bits per heavy atom. The molecule has 0 aromatic rings. The third-order valence-electron chi connectivity index (χ3n) is 7.99. The number of allylic oxidation sites excluding steroid dienone is 2. The largest absolute Gasteiger partial charge is 0.393 e. The Kier molecular flexibility index (Phi) is 2.96. The monoisotopic (exact) mass is 288 g/mol. The molecule has 0 aromatic carbocycles. The minimum absolute atomic E-state index is 0.125. The molecule has 0 spiro atoms. The van der Waals surface area contributed by atoms with Gasteiger partial charge in [-0.3, -0.25) is 4.79 Å². The van der Waals surface area contributed by atoms with Gasteiger partial charge in [0.1, 0.15) is 0 Å². The molecule has 0 heterocycles. The van der Waals surface area contributed by atoms with E-state index < -0.39 is 0 Å². The lowest BCUT2D eigenvalue weighted by Crippen LogP contribution is -2.56. The van der Waals surface area contributed by atoms with Crippen LogP contribution >= 0.6 is 0 Å². The van der Waals surface area contributed by atoms with Crippen LogP contribution in [-0.2, 0) is 4.79 Å². The van der Waals surface area contributed by atoms with Gasteiger partial charge in [0.25, 0.3) is 0 Å². The van der Waals surface area contributed by atoms with E-state index in [0.29, 0.717) is 23.0 Å². The second kappa shape index (κ2) is 4.44. The molecule has 5 unspecified atom stereocenters. The minimum Gasteiger partial charge on any atom is -0.393 e. The Labute approximate surface area is 128 Å². The maximum absolute atomic E-state index is 11.7. The van der Waals surface area contributed by atoms with Crippen molar-refractivity contribution in [3.63, 3.8) is 0 Å². The van der Waals surface area contributed by atoms with Crippen LogP contribution in [0.1, 0.15) is 65.2 Å². The van der Waals surface area contributed by atoms with Crippen LogP contribution in [0.4, 0.5) is 0 Å². The predicted molar refractivity (Wildman–Crippen MR) is 82.7 cm³/mol. The summed E-state index contributed by atoms with van der Waals surface area (Å²) in [7, 11) is 0. The summed E-state index contributed by atoms with van der Waals surface area (Å²) < 4.78 is 0. The average Bonchev–Trinajstić information content (AvgIpc) is 2.76. The zero-order valence-electron chi connectivity index (χ0n) is 13.4. The van der Waals surface area contributed by atoms with E-state index in [1.54, 1.807) is 0 Å². The van der Waals surface area contributed by atoms with Crippen LogP contribution in [0, 0.1) is 28.6 Å². The molecule has 0 amide bonds. The highest BCUT2D eigenvalue weighted by atomic mass is 16.3. The third-order valence-corrected chi connectivity index (χ3v) is 7.99. The van der Waals surface area contributed by atoms with Gasteiger partial charge in [0.2, 0.25) is 0 Å². The summed E-state index contributed by atoms with van der Waals surface area (Å²) >= 11 is 0. The molecule has 2 heteroatoms.